The molecule has 143 heavy (non-hydrogen) atoms. The van der Waals surface area contributed by atoms with Gasteiger partial charge >= 0.3 is 0 Å². The Balaban J connectivity index is 0.000000117. The molecular weight excluding hydrogens is 1800 g/mol. The molecule has 0 spiro atoms. The van der Waals surface area contributed by atoms with E-state index >= 15 is 0 Å². The van der Waals surface area contributed by atoms with E-state index in [1.54, 1.807) is 0 Å². The molecule has 10 heteroatoms. The molecular formula is C133H88BrN9. The maximum Gasteiger partial charge on any atom is 0.0743 e. The molecule has 0 atom stereocenters. The van der Waals surface area contributed by atoms with Crippen LogP contribution in [0.4, 0.5) is 17.1 Å². The highest BCUT2D eigenvalue weighted by Crippen LogP contribution is 2.59. The van der Waals surface area contributed by atoms with Crippen molar-refractivity contribution < 1.29 is 0 Å². The summed E-state index contributed by atoms with van der Waals surface area (Å²) in [5, 5.41) is 14.9. The summed E-state index contributed by atoms with van der Waals surface area (Å²) in [7, 11) is 0. The molecule has 0 N–H and O–H groups in total. The Hall–Kier alpha value is -18.2. The number of hydrogen-bond acceptors (Lipinski definition) is 3. The lowest BCUT2D eigenvalue weighted by Gasteiger charge is -2.46. The van der Waals surface area contributed by atoms with Gasteiger partial charge in [0.1, 0.15) is 0 Å². The van der Waals surface area contributed by atoms with Crippen LogP contribution >= 0.6 is 15.9 Å². The number of nitrogens with zero attached hydrogens (tertiary/aromatic N) is 9. The monoisotopic (exact) mass is 1890 g/mol. The molecule has 0 unspecified atom stereocenters. The molecule has 9 nitrogen and oxygen atoms in total. The summed E-state index contributed by atoms with van der Waals surface area (Å²) in [4.78, 5) is 11.8. The van der Waals surface area contributed by atoms with Crippen LogP contribution in [0.25, 0.3) is 165 Å². The highest BCUT2D eigenvalue weighted by molar-refractivity contribution is 9.10. The molecule has 0 saturated heterocycles. The lowest BCUT2D eigenvalue weighted by Crippen LogP contribution is -2.37. The van der Waals surface area contributed by atoms with Gasteiger partial charge < -0.3 is 32.3 Å². The second-order valence-corrected chi connectivity index (χ2v) is 38.5. The van der Waals surface area contributed by atoms with Gasteiger partial charge in [-0.2, -0.15) is 0 Å². The van der Waals surface area contributed by atoms with E-state index in [1.165, 1.54) is 164 Å². The van der Waals surface area contributed by atoms with Crippen LogP contribution in [-0.2, 0) is 17.3 Å². The lowest BCUT2D eigenvalue weighted by molar-refractivity contribution is 0.700. The predicted octanol–water partition coefficient (Wildman–Crippen LogP) is 33.6. The van der Waals surface area contributed by atoms with E-state index in [0.29, 0.717) is 0 Å². The Kier molecular flexibility index (Phi) is 19.5. The van der Waals surface area contributed by atoms with Gasteiger partial charge in [0.15, 0.2) is 0 Å². The Labute approximate surface area is 833 Å². The van der Waals surface area contributed by atoms with Gasteiger partial charge in [0.05, 0.1) is 112 Å². The number of rotatable bonds is 11. The van der Waals surface area contributed by atoms with E-state index in [2.05, 4.69) is 557 Å². The van der Waals surface area contributed by atoms with Gasteiger partial charge in [0.2, 0.25) is 0 Å². The molecule has 0 radical (unpaired) electrons. The van der Waals surface area contributed by atoms with Crippen LogP contribution in [0, 0.1) is 0 Å². The molecule has 2 aliphatic rings. The number of pyridine rings is 2. The number of aromatic nitrogens is 8. The van der Waals surface area contributed by atoms with Crippen LogP contribution < -0.4 is 4.90 Å². The summed E-state index contributed by atoms with van der Waals surface area (Å²) in [5.74, 6) is 0. The average molecular weight is 1890 g/mol. The van der Waals surface area contributed by atoms with E-state index < -0.39 is 5.41 Å². The number of benzene rings is 20. The first-order valence-electron chi connectivity index (χ1n) is 49.0. The van der Waals surface area contributed by atoms with Gasteiger partial charge in [0, 0.05) is 110 Å². The molecule has 28 aromatic rings. The van der Waals surface area contributed by atoms with Crippen LogP contribution in [0.1, 0.15) is 55.6 Å². The van der Waals surface area contributed by atoms with E-state index in [-0.39, 0.29) is 5.41 Å². The van der Waals surface area contributed by atoms with Gasteiger partial charge in [0.25, 0.3) is 0 Å². The topological polar surface area (TPSA) is 58.6 Å². The normalized spacial score (nSPS) is 13.0. The van der Waals surface area contributed by atoms with E-state index in [0.717, 1.165) is 84.1 Å². The van der Waals surface area contributed by atoms with Gasteiger partial charge in [-0.15, -0.1) is 0 Å². The van der Waals surface area contributed by atoms with Gasteiger partial charge in [-0.1, -0.05) is 362 Å². The fourth-order valence-electron chi connectivity index (χ4n) is 24.4. The Morgan fingerprint density at radius 1 is 0.182 bits per heavy atom. The number of halogens is 1. The van der Waals surface area contributed by atoms with E-state index in [1.807, 2.05) is 18.6 Å². The van der Waals surface area contributed by atoms with Crippen molar-refractivity contribution in [2.75, 3.05) is 4.90 Å². The SMILES string of the molecule is Brc1cc(-n2c3ccccc3c3ccccc32)cc(-n2c3ccccc3c3cc(-n4c5ccccc5c5ccccc54)ccc32)c1.c1ccc(C2(c3ccccc3)c3ccccc3Cc3cnccc32)cc1.c1ccc(C2(c3ccccc3)c3ccccc3N(c3cc(-n4c5ccccc5c5ccccc54)cc(-n4c5ccccc5c5cc(-n6c7ccccc7c7ccccc76)ccc54)c3)c3cnccc32)cc1. The van der Waals surface area contributed by atoms with Crippen LogP contribution in [0.5, 0.6) is 0 Å². The van der Waals surface area contributed by atoms with Gasteiger partial charge in [-0.3, -0.25) is 9.97 Å². The summed E-state index contributed by atoms with van der Waals surface area (Å²) in [6.07, 6.45) is 8.91. The van der Waals surface area contributed by atoms with Crippen molar-refractivity contribution in [1.29, 1.82) is 0 Å². The summed E-state index contributed by atoms with van der Waals surface area (Å²) in [5.41, 5.74) is 35.8. The van der Waals surface area contributed by atoms with Crippen LogP contribution in [0.15, 0.2) is 527 Å². The molecule has 30 rings (SSSR count). The first-order chi connectivity index (χ1) is 70.9. The van der Waals surface area contributed by atoms with Crippen molar-refractivity contribution in [2.45, 2.75) is 17.3 Å². The van der Waals surface area contributed by atoms with Gasteiger partial charge in [-0.25, -0.2) is 0 Å². The Morgan fingerprint density at radius 3 is 0.797 bits per heavy atom. The Bertz CT molecular complexity index is 9560. The zero-order valence-corrected chi connectivity index (χ0v) is 79.3. The van der Waals surface area contributed by atoms with Gasteiger partial charge in [-0.05, 0) is 214 Å². The van der Waals surface area contributed by atoms with Crippen molar-refractivity contribution in [2.24, 2.45) is 0 Å². The van der Waals surface area contributed by atoms with Crippen molar-refractivity contribution in [3.63, 3.8) is 0 Å². The highest BCUT2D eigenvalue weighted by atomic mass is 79.9. The number of para-hydroxylation sites is 11. The smallest absolute Gasteiger partial charge is 0.0743 e. The third kappa shape index (κ3) is 12.9. The third-order valence-corrected chi connectivity index (χ3v) is 30.6. The highest BCUT2D eigenvalue weighted by Gasteiger charge is 2.48. The minimum atomic E-state index is -0.623. The molecule has 0 saturated carbocycles. The third-order valence-electron chi connectivity index (χ3n) is 30.1. The fraction of sp³-hybridized carbons (Fsp3) is 0.0226. The quantitative estimate of drug-likeness (QED) is 0.130. The van der Waals surface area contributed by atoms with Crippen LogP contribution in [0.3, 0.4) is 0 Å². The number of fused-ring (bicyclic) bond motifs is 22. The molecule has 0 bridgehead atoms. The second kappa shape index (κ2) is 33.6. The Morgan fingerprint density at radius 2 is 0.434 bits per heavy atom. The number of hydrogen-bond donors (Lipinski definition) is 0. The minimum absolute atomic E-state index is 0.310. The minimum Gasteiger partial charge on any atom is -0.309 e. The summed E-state index contributed by atoms with van der Waals surface area (Å²) >= 11 is 3.89. The molecule has 0 amide bonds. The average Bonchev–Trinajstić information content (AvgIpc) is 1.55. The fourth-order valence-corrected chi connectivity index (χ4v) is 24.9. The maximum absolute atomic E-state index is 4.92. The van der Waals surface area contributed by atoms with Crippen LogP contribution in [-0.4, -0.2) is 37.4 Å². The molecule has 9 heterocycles. The molecule has 1 aliphatic heterocycles. The zero-order chi connectivity index (χ0) is 94.4. The van der Waals surface area contributed by atoms with Crippen LogP contribution in [0.2, 0.25) is 0 Å². The predicted molar refractivity (Wildman–Crippen MR) is 596 cm³/mol. The zero-order valence-electron chi connectivity index (χ0n) is 77.8. The summed E-state index contributed by atoms with van der Waals surface area (Å²) in [6, 6.07) is 181. The maximum atomic E-state index is 4.92. The number of anilines is 3. The molecule has 8 aromatic heterocycles. The summed E-state index contributed by atoms with van der Waals surface area (Å²) in [6.45, 7) is 0. The second-order valence-electron chi connectivity index (χ2n) is 37.5. The standard InChI is InChI=1S/C66H43N5.C42H26BrN3.C25H19N/c1-3-19-44(20-4-1)66(45-21-5-2-6-22-45)56-28-12-18-34-64(56)71(65-43-67-38-37-57(65)66)49-40-47(69-60-31-15-9-25-52(60)53-26-10-16-32-61(53)69)39-48(41-49)70-62-33-17-11-27-54(62)55-42-46(35-36-63(55)70)68-58-29-13-7-23-50(58)51-24-8-14-30-59(51)68;43-27-23-29(45-39-18-8-3-13-33(39)34-14-4-9-19-40(34)45)25-30(24-27)46-41-20-10-5-15-35(41)36-26-28(21-22-42(36)46)44-37-16-6-1-11-31(37)32-12-2-7-17-38(32)44;1-3-10-21(11-4-1)25(22-12-5-2-6-13-22)23-14-8-7-9-19(23)17-20-18-26-16-15-24(20)25/h1-43H;1-26H;1-16,18H,17H2. The van der Waals surface area contributed by atoms with Crippen molar-refractivity contribution >= 4 is 164 Å². The van der Waals surface area contributed by atoms with Crippen molar-refractivity contribution in [1.82, 2.24) is 37.4 Å². The largest absolute Gasteiger partial charge is 0.309 e. The molecule has 1 aliphatic carbocycles. The molecule has 0 fully saturated rings. The first kappa shape index (κ1) is 83.0. The summed E-state index contributed by atoms with van der Waals surface area (Å²) < 4.78 is 15.6. The molecule has 672 valence electrons. The molecule has 20 aromatic carbocycles. The van der Waals surface area contributed by atoms with E-state index in [9.17, 15) is 0 Å². The van der Waals surface area contributed by atoms with Crippen molar-refractivity contribution in [3.8, 4) is 34.1 Å². The van der Waals surface area contributed by atoms with E-state index in [4.69, 9.17) is 4.98 Å². The first-order valence-corrected chi connectivity index (χ1v) is 49.8. The lowest BCUT2D eigenvalue weighted by atomic mass is 9.60. The van der Waals surface area contributed by atoms with Crippen molar-refractivity contribution in [3.05, 3.63) is 582 Å².